The van der Waals surface area contributed by atoms with Crippen LogP contribution in [0.4, 0.5) is 0 Å². The summed E-state index contributed by atoms with van der Waals surface area (Å²) in [5, 5.41) is 0.365. The molecule has 1 saturated heterocycles. The molecule has 1 heterocycles. The molecule has 1 aliphatic heterocycles. The smallest absolute Gasteiger partial charge is 0.333 e. The maximum absolute atomic E-state index is 12.3. The lowest BCUT2D eigenvalue weighted by molar-refractivity contribution is -0.144. The van der Waals surface area contributed by atoms with E-state index in [1.165, 1.54) is 11.8 Å². The molecular weight excluding hydrogens is 284 g/mol. The Kier molecular flexibility index (Phi) is 4.84. The molecule has 19 heavy (non-hydrogen) atoms. The molecule has 0 spiro atoms. The Morgan fingerprint density at radius 1 is 1.32 bits per heavy atom. The second kappa shape index (κ2) is 6.22. The van der Waals surface area contributed by atoms with E-state index in [0.717, 1.165) is 6.42 Å². The Hall–Kier alpha value is -0.620. The van der Waals surface area contributed by atoms with Gasteiger partial charge in [-0.3, -0.25) is 4.79 Å². The second-order valence-electron chi connectivity index (χ2n) is 4.37. The summed E-state index contributed by atoms with van der Waals surface area (Å²) in [6, 6.07) is 0. The fourth-order valence-corrected chi connectivity index (χ4v) is 5.58. The third kappa shape index (κ3) is 2.94. The molecule has 6 heteroatoms. The highest BCUT2D eigenvalue weighted by molar-refractivity contribution is 8.20. The third-order valence-electron chi connectivity index (χ3n) is 3.13. The summed E-state index contributed by atoms with van der Waals surface area (Å²) in [5.74, 6) is -0.146. The molecule has 0 aromatic carbocycles. The van der Waals surface area contributed by atoms with Crippen molar-refractivity contribution in [2.45, 2.75) is 29.6 Å². The number of carbonyl (C=O) groups excluding carboxylic acids is 2. The lowest BCUT2D eigenvalue weighted by atomic mass is 10.0. The van der Waals surface area contributed by atoms with Crippen LogP contribution in [-0.4, -0.2) is 40.2 Å². The van der Waals surface area contributed by atoms with E-state index in [2.05, 4.69) is 12.2 Å². The van der Waals surface area contributed by atoms with Crippen molar-refractivity contribution in [3.8, 4) is 0 Å². The number of hydrogen-bond donors (Lipinski definition) is 0. The van der Waals surface area contributed by atoms with Gasteiger partial charge < -0.3 is 9.47 Å². The molecule has 2 aliphatic rings. The van der Waals surface area contributed by atoms with E-state index < -0.39 is 4.08 Å². The summed E-state index contributed by atoms with van der Waals surface area (Å²) in [4.78, 5) is 23.8. The van der Waals surface area contributed by atoms with Gasteiger partial charge in [-0.05, 0) is 20.3 Å². The van der Waals surface area contributed by atoms with Gasteiger partial charge in [0, 0.05) is 11.2 Å². The molecule has 0 aromatic heterocycles. The Morgan fingerprint density at radius 3 is 2.58 bits per heavy atom. The Bertz CT molecular complexity index is 396. The molecule has 3 atom stereocenters. The number of thioether (sulfide) groups is 2. The van der Waals surface area contributed by atoms with Crippen LogP contribution < -0.4 is 0 Å². The first-order valence-corrected chi connectivity index (χ1v) is 8.31. The van der Waals surface area contributed by atoms with E-state index in [-0.39, 0.29) is 23.6 Å². The van der Waals surface area contributed by atoms with E-state index in [1.807, 2.05) is 0 Å². The van der Waals surface area contributed by atoms with Crippen LogP contribution in [0.15, 0.2) is 12.2 Å². The van der Waals surface area contributed by atoms with E-state index in [9.17, 15) is 9.59 Å². The Morgan fingerprint density at radius 2 is 2.05 bits per heavy atom. The number of carbonyl (C=O) groups is 2. The fraction of sp³-hybridized carbons (Fsp3) is 0.692. The lowest BCUT2D eigenvalue weighted by Crippen LogP contribution is -2.39. The SMILES string of the molecule is CCOC(=O)CSC1(C(=O)OCC)SC2C=CC1C2. The van der Waals surface area contributed by atoms with Crippen LogP contribution in [0.5, 0.6) is 0 Å². The van der Waals surface area contributed by atoms with E-state index in [0.29, 0.717) is 18.5 Å². The van der Waals surface area contributed by atoms with Crippen LogP contribution in [0, 0.1) is 5.92 Å². The van der Waals surface area contributed by atoms with Crippen molar-refractivity contribution in [3.05, 3.63) is 12.2 Å². The van der Waals surface area contributed by atoms with Gasteiger partial charge in [0.15, 0.2) is 4.08 Å². The van der Waals surface area contributed by atoms with Crippen LogP contribution in [0.3, 0.4) is 0 Å². The normalized spacial score (nSPS) is 31.5. The summed E-state index contributed by atoms with van der Waals surface area (Å²) in [5.41, 5.74) is 0. The molecule has 4 nitrogen and oxygen atoms in total. The largest absolute Gasteiger partial charge is 0.465 e. The van der Waals surface area contributed by atoms with Gasteiger partial charge in [0.25, 0.3) is 0 Å². The molecule has 1 aliphatic carbocycles. The molecule has 2 rings (SSSR count). The molecule has 106 valence electrons. The van der Waals surface area contributed by atoms with Gasteiger partial charge >= 0.3 is 11.9 Å². The summed E-state index contributed by atoms with van der Waals surface area (Å²) in [6.07, 6.45) is 5.17. The number of allylic oxidation sites excluding steroid dienone is 1. The van der Waals surface area contributed by atoms with E-state index in [1.54, 1.807) is 25.6 Å². The van der Waals surface area contributed by atoms with Crippen molar-refractivity contribution in [1.29, 1.82) is 0 Å². The molecule has 0 radical (unpaired) electrons. The van der Waals surface area contributed by atoms with Gasteiger partial charge in [0.2, 0.25) is 0 Å². The van der Waals surface area contributed by atoms with Crippen molar-refractivity contribution in [1.82, 2.24) is 0 Å². The third-order valence-corrected chi connectivity index (χ3v) is 6.52. The maximum atomic E-state index is 12.3. The van der Waals surface area contributed by atoms with Crippen LogP contribution >= 0.6 is 23.5 Å². The highest BCUT2D eigenvalue weighted by atomic mass is 32.2. The van der Waals surface area contributed by atoms with Crippen LogP contribution in [0.25, 0.3) is 0 Å². The minimum Gasteiger partial charge on any atom is -0.465 e. The zero-order valence-corrected chi connectivity index (χ0v) is 12.7. The monoisotopic (exact) mass is 302 g/mol. The average molecular weight is 302 g/mol. The van der Waals surface area contributed by atoms with Crippen molar-refractivity contribution >= 4 is 35.5 Å². The van der Waals surface area contributed by atoms with E-state index >= 15 is 0 Å². The van der Waals surface area contributed by atoms with Crippen molar-refractivity contribution in [2.75, 3.05) is 19.0 Å². The van der Waals surface area contributed by atoms with E-state index in [4.69, 9.17) is 9.47 Å². The van der Waals surface area contributed by atoms with Gasteiger partial charge in [-0.2, -0.15) is 0 Å². The minimum absolute atomic E-state index is 0.154. The number of hydrogen-bond acceptors (Lipinski definition) is 6. The highest BCUT2D eigenvalue weighted by Crippen LogP contribution is 2.59. The standard InChI is InChI=1S/C13H18O4S2/c1-3-16-11(14)8-18-13(12(15)17-4-2)9-5-6-10(7-9)19-13/h5-6,9-10H,3-4,7-8H2,1-2H3. The lowest BCUT2D eigenvalue weighted by Gasteiger charge is -2.31. The summed E-state index contributed by atoms with van der Waals surface area (Å²) < 4.78 is 9.47. The predicted octanol–water partition coefficient (Wildman–Crippen LogP) is 2.23. The number of rotatable bonds is 6. The minimum atomic E-state index is -0.664. The molecule has 3 unspecified atom stereocenters. The van der Waals surface area contributed by atoms with Crippen LogP contribution in [-0.2, 0) is 19.1 Å². The quantitative estimate of drug-likeness (QED) is 0.554. The van der Waals surface area contributed by atoms with Gasteiger partial charge in [-0.1, -0.05) is 12.2 Å². The second-order valence-corrected chi connectivity index (χ2v) is 7.33. The Labute approximate surface area is 121 Å². The van der Waals surface area contributed by atoms with Crippen LogP contribution in [0.1, 0.15) is 20.3 Å². The van der Waals surface area contributed by atoms with Crippen molar-refractivity contribution in [2.24, 2.45) is 5.92 Å². The first-order valence-electron chi connectivity index (χ1n) is 6.45. The zero-order chi connectivity index (χ0) is 13.9. The molecule has 2 bridgehead atoms. The first kappa shape index (κ1) is 14.8. The average Bonchev–Trinajstić information content (AvgIpc) is 2.98. The van der Waals surface area contributed by atoms with Crippen LogP contribution in [0.2, 0.25) is 0 Å². The predicted molar refractivity (Wildman–Crippen MR) is 77.1 cm³/mol. The summed E-state index contributed by atoms with van der Waals surface area (Å²) in [6.45, 7) is 4.31. The molecular formula is C13H18O4S2. The molecule has 1 fully saturated rings. The fourth-order valence-electron chi connectivity index (χ4n) is 2.35. The number of ether oxygens (including phenoxy) is 2. The molecule has 0 N–H and O–H groups in total. The van der Waals surface area contributed by atoms with Gasteiger partial charge in [-0.15, -0.1) is 23.5 Å². The number of esters is 2. The maximum Gasteiger partial charge on any atom is 0.333 e. The topological polar surface area (TPSA) is 52.6 Å². The summed E-state index contributed by atoms with van der Waals surface area (Å²) >= 11 is 2.96. The summed E-state index contributed by atoms with van der Waals surface area (Å²) in [7, 11) is 0. The van der Waals surface area contributed by atoms with Gasteiger partial charge in [-0.25, -0.2) is 4.79 Å². The molecule has 0 saturated carbocycles. The molecule has 0 aromatic rings. The van der Waals surface area contributed by atoms with Crippen molar-refractivity contribution in [3.63, 3.8) is 0 Å². The zero-order valence-electron chi connectivity index (χ0n) is 11.1. The first-order chi connectivity index (χ1) is 9.12. The van der Waals surface area contributed by atoms with Gasteiger partial charge in [0.05, 0.1) is 19.0 Å². The van der Waals surface area contributed by atoms with Gasteiger partial charge in [0.1, 0.15) is 0 Å². The number of fused-ring (bicyclic) bond motifs is 2. The molecule has 0 amide bonds. The van der Waals surface area contributed by atoms with Crippen molar-refractivity contribution < 1.29 is 19.1 Å². The Balaban J connectivity index is 2.06. The highest BCUT2D eigenvalue weighted by Gasteiger charge is 2.56.